The molecule has 2 fully saturated rings. The molecule has 1 spiro atoms. The third kappa shape index (κ3) is 3.68. The van der Waals surface area contributed by atoms with Crippen molar-refractivity contribution in [2.75, 3.05) is 18.1 Å². The molecule has 2 unspecified atom stereocenters. The van der Waals surface area contributed by atoms with Crippen LogP contribution in [0.1, 0.15) is 58.3 Å². The number of hydrogen-bond donors (Lipinski definition) is 1. The molecule has 0 aromatic carbocycles. The summed E-state index contributed by atoms with van der Waals surface area (Å²) in [5.41, 5.74) is 0.560. The van der Waals surface area contributed by atoms with Crippen molar-refractivity contribution >= 4 is 28.7 Å². The summed E-state index contributed by atoms with van der Waals surface area (Å²) < 4.78 is 0. The average molecular weight is 313 g/mol. The summed E-state index contributed by atoms with van der Waals surface area (Å²) in [4.78, 5) is 4.90. The highest BCUT2D eigenvalue weighted by atomic mass is 32.2. The second-order valence-corrected chi connectivity index (χ2v) is 9.24. The quantitative estimate of drug-likeness (QED) is 0.840. The minimum Gasteiger partial charge on any atom is -0.362 e. The molecule has 2 nitrogen and oxygen atoms in total. The van der Waals surface area contributed by atoms with Gasteiger partial charge in [0, 0.05) is 23.6 Å². The average Bonchev–Trinajstić information content (AvgIpc) is 2.91. The van der Waals surface area contributed by atoms with Crippen LogP contribution in [0.15, 0.2) is 4.99 Å². The molecule has 2 aliphatic carbocycles. The Morgan fingerprint density at radius 3 is 2.85 bits per heavy atom. The highest BCUT2D eigenvalue weighted by Crippen LogP contribution is 2.42. The Labute approximate surface area is 132 Å². The molecule has 114 valence electrons. The van der Waals surface area contributed by atoms with Crippen molar-refractivity contribution < 1.29 is 0 Å². The van der Waals surface area contributed by atoms with Gasteiger partial charge in [-0.05, 0) is 43.3 Å². The molecule has 4 heteroatoms. The zero-order valence-electron chi connectivity index (χ0n) is 12.7. The van der Waals surface area contributed by atoms with Crippen molar-refractivity contribution in [1.82, 2.24) is 5.32 Å². The largest absolute Gasteiger partial charge is 0.362 e. The van der Waals surface area contributed by atoms with Gasteiger partial charge in [-0.1, -0.05) is 37.9 Å². The molecule has 2 saturated carbocycles. The molecule has 1 aliphatic heterocycles. The third-order valence-electron chi connectivity index (χ3n) is 5.10. The van der Waals surface area contributed by atoms with E-state index in [4.69, 9.17) is 4.99 Å². The molecule has 0 amide bonds. The topological polar surface area (TPSA) is 24.4 Å². The monoisotopic (exact) mass is 312 g/mol. The Morgan fingerprint density at radius 1 is 1.30 bits per heavy atom. The van der Waals surface area contributed by atoms with Crippen molar-refractivity contribution in [3.05, 3.63) is 0 Å². The Hall–Kier alpha value is 0.170. The number of nitrogens with zero attached hydrogens (tertiary/aromatic N) is 1. The van der Waals surface area contributed by atoms with Gasteiger partial charge < -0.3 is 5.32 Å². The van der Waals surface area contributed by atoms with Gasteiger partial charge in [-0.25, -0.2) is 0 Å². The summed E-state index contributed by atoms with van der Waals surface area (Å²) in [6, 6.07) is 0.686. The van der Waals surface area contributed by atoms with Gasteiger partial charge in [0.05, 0.1) is 0 Å². The minimum atomic E-state index is 0.560. The lowest BCUT2D eigenvalue weighted by atomic mass is 9.75. The number of hydrogen-bond acceptors (Lipinski definition) is 4. The summed E-state index contributed by atoms with van der Waals surface area (Å²) >= 11 is 4.14. The van der Waals surface area contributed by atoms with Gasteiger partial charge in [-0.2, -0.15) is 11.8 Å². The first-order valence-electron chi connectivity index (χ1n) is 8.35. The molecule has 3 rings (SSSR count). The third-order valence-corrected chi connectivity index (χ3v) is 7.61. The lowest BCUT2D eigenvalue weighted by molar-refractivity contribution is 0.232. The van der Waals surface area contributed by atoms with E-state index in [1.54, 1.807) is 0 Å². The van der Waals surface area contributed by atoms with E-state index in [0.29, 0.717) is 11.5 Å². The molecular formula is C16H28N2S2. The first-order chi connectivity index (χ1) is 9.80. The zero-order valence-corrected chi connectivity index (χ0v) is 14.3. The van der Waals surface area contributed by atoms with E-state index < -0.39 is 0 Å². The van der Waals surface area contributed by atoms with Crippen LogP contribution in [0.2, 0.25) is 0 Å². The van der Waals surface area contributed by atoms with Gasteiger partial charge in [0.2, 0.25) is 0 Å². The highest BCUT2D eigenvalue weighted by Gasteiger charge is 2.35. The van der Waals surface area contributed by atoms with Crippen LogP contribution in [0.3, 0.4) is 0 Å². The Bertz CT molecular complexity index is 350. The van der Waals surface area contributed by atoms with E-state index in [1.807, 2.05) is 11.8 Å². The van der Waals surface area contributed by atoms with E-state index in [-0.39, 0.29) is 0 Å². The predicted molar refractivity (Wildman–Crippen MR) is 93.0 cm³/mol. The highest BCUT2D eigenvalue weighted by molar-refractivity contribution is 8.13. The molecule has 3 aliphatic rings. The molecule has 20 heavy (non-hydrogen) atoms. The van der Waals surface area contributed by atoms with Gasteiger partial charge in [0.1, 0.15) is 0 Å². The van der Waals surface area contributed by atoms with Crippen LogP contribution >= 0.6 is 23.5 Å². The molecule has 2 atom stereocenters. The summed E-state index contributed by atoms with van der Waals surface area (Å²) in [6.45, 7) is 3.36. The smallest absolute Gasteiger partial charge is 0.156 e. The number of rotatable bonds is 3. The first kappa shape index (κ1) is 15.1. The van der Waals surface area contributed by atoms with Crippen LogP contribution in [0.5, 0.6) is 0 Å². The van der Waals surface area contributed by atoms with Gasteiger partial charge >= 0.3 is 0 Å². The van der Waals surface area contributed by atoms with Gasteiger partial charge in [0.25, 0.3) is 0 Å². The maximum absolute atomic E-state index is 4.90. The number of thioether (sulfide) groups is 2. The fourth-order valence-electron chi connectivity index (χ4n) is 3.88. The van der Waals surface area contributed by atoms with E-state index in [9.17, 15) is 0 Å². The molecule has 0 bridgehead atoms. The maximum atomic E-state index is 4.90. The maximum Gasteiger partial charge on any atom is 0.156 e. The second kappa shape index (κ2) is 6.95. The van der Waals surface area contributed by atoms with Crippen LogP contribution < -0.4 is 5.32 Å². The molecule has 0 radical (unpaired) electrons. The summed E-state index contributed by atoms with van der Waals surface area (Å²) in [6.07, 6.45) is 11.2. The molecular weight excluding hydrogens is 284 g/mol. The van der Waals surface area contributed by atoms with Crippen LogP contribution in [-0.2, 0) is 0 Å². The van der Waals surface area contributed by atoms with E-state index in [0.717, 1.165) is 11.8 Å². The molecule has 0 saturated heterocycles. The van der Waals surface area contributed by atoms with Crippen molar-refractivity contribution in [3.8, 4) is 0 Å². The van der Waals surface area contributed by atoms with Crippen LogP contribution in [-0.4, -0.2) is 34.5 Å². The molecule has 0 aromatic heterocycles. The van der Waals surface area contributed by atoms with E-state index in [1.165, 1.54) is 68.0 Å². The zero-order chi connectivity index (χ0) is 13.8. The summed E-state index contributed by atoms with van der Waals surface area (Å²) in [5.74, 6) is 2.56. The van der Waals surface area contributed by atoms with E-state index in [2.05, 4.69) is 24.0 Å². The van der Waals surface area contributed by atoms with Gasteiger partial charge in [0.15, 0.2) is 5.17 Å². The minimum absolute atomic E-state index is 0.560. The summed E-state index contributed by atoms with van der Waals surface area (Å²) in [5, 5.41) is 5.86. The number of amidine groups is 1. The number of nitrogens with one attached hydrogen (secondary N) is 1. The fraction of sp³-hybridized carbons (Fsp3) is 0.938. The standard InChI is InChI=1S/C16H28N2S2/c1-2-19-14-7-6-13(10-14)18-15-17-11-16(12-20-15)8-4-3-5-9-16/h13-14H,2-12H2,1H3,(H,17,18). The lowest BCUT2D eigenvalue weighted by Gasteiger charge is -2.38. The van der Waals surface area contributed by atoms with Crippen LogP contribution in [0.25, 0.3) is 0 Å². The second-order valence-electron chi connectivity index (χ2n) is 6.70. The normalized spacial score (nSPS) is 33.1. The Morgan fingerprint density at radius 2 is 2.15 bits per heavy atom. The van der Waals surface area contributed by atoms with Gasteiger partial charge in [-0.15, -0.1) is 0 Å². The van der Waals surface area contributed by atoms with Crippen molar-refractivity contribution in [3.63, 3.8) is 0 Å². The Kier molecular flexibility index (Phi) is 5.24. The molecule has 0 aromatic rings. The number of aliphatic imine (C=N–C) groups is 1. The van der Waals surface area contributed by atoms with Crippen molar-refractivity contribution in [2.45, 2.75) is 69.6 Å². The van der Waals surface area contributed by atoms with Crippen LogP contribution in [0, 0.1) is 5.41 Å². The van der Waals surface area contributed by atoms with Crippen LogP contribution in [0.4, 0.5) is 0 Å². The van der Waals surface area contributed by atoms with Crippen molar-refractivity contribution in [1.29, 1.82) is 0 Å². The van der Waals surface area contributed by atoms with E-state index >= 15 is 0 Å². The predicted octanol–water partition coefficient (Wildman–Crippen LogP) is 4.30. The first-order valence-corrected chi connectivity index (χ1v) is 10.4. The van der Waals surface area contributed by atoms with Gasteiger partial charge in [-0.3, -0.25) is 4.99 Å². The molecule has 1 N–H and O–H groups in total. The van der Waals surface area contributed by atoms with Crippen molar-refractivity contribution in [2.24, 2.45) is 10.4 Å². The fourth-order valence-corrected chi connectivity index (χ4v) is 6.25. The molecule has 1 heterocycles. The lowest BCUT2D eigenvalue weighted by Crippen LogP contribution is -2.39. The SMILES string of the molecule is CCSC1CCC(NC2=NCC3(CCCCC3)CS2)C1. The Balaban J connectivity index is 1.48. The summed E-state index contributed by atoms with van der Waals surface area (Å²) in [7, 11) is 0.